The number of carbonyl (C=O) groups excluding carboxylic acids is 1. The molecular formula is C16H23ClN2O3S2. The molecule has 1 aromatic rings. The Morgan fingerprint density at radius 2 is 1.83 bits per heavy atom. The number of nitrogens with zero attached hydrogens (tertiary/aromatic N) is 1. The molecule has 1 aromatic heterocycles. The molecule has 1 atom stereocenters. The van der Waals surface area contributed by atoms with Crippen molar-refractivity contribution in [1.29, 1.82) is 0 Å². The van der Waals surface area contributed by atoms with Crippen molar-refractivity contribution in [3.8, 4) is 0 Å². The minimum absolute atomic E-state index is 0.148. The Morgan fingerprint density at radius 1 is 1.12 bits per heavy atom. The molecule has 2 aliphatic rings. The molecule has 2 fully saturated rings. The molecule has 5 nitrogen and oxygen atoms in total. The van der Waals surface area contributed by atoms with Gasteiger partial charge in [0.25, 0.3) is 10.0 Å². The van der Waals surface area contributed by atoms with Crippen LogP contribution in [0.4, 0.5) is 0 Å². The minimum Gasteiger partial charge on any atom is -0.352 e. The highest BCUT2D eigenvalue weighted by Crippen LogP contribution is 2.32. The van der Waals surface area contributed by atoms with Crippen molar-refractivity contribution >= 4 is 38.9 Å². The van der Waals surface area contributed by atoms with Crippen molar-refractivity contribution in [2.24, 2.45) is 0 Å². The Bertz CT molecular complexity index is 681. The van der Waals surface area contributed by atoms with Crippen LogP contribution in [0.25, 0.3) is 0 Å². The van der Waals surface area contributed by atoms with E-state index in [2.05, 4.69) is 5.32 Å². The third kappa shape index (κ3) is 3.95. The van der Waals surface area contributed by atoms with Crippen LogP contribution in [-0.4, -0.2) is 37.3 Å². The number of hydrogen-bond acceptors (Lipinski definition) is 4. The van der Waals surface area contributed by atoms with Gasteiger partial charge in [-0.15, -0.1) is 11.3 Å². The number of carbonyl (C=O) groups is 1. The van der Waals surface area contributed by atoms with Crippen LogP contribution in [0, 0.1) is 0 Å². The van der Waals surface area contributed by atoms with Gasteiger partial charge in [-0.05, 0) is 37.8 Å². The standard InChI is InChI=1S/C16H23ClN2O3S2/c17-14-9-10-15(23-14)24(21,22)19-11-5-8-13(19)16(20)18-12-6-3-1-2-4-7-12/h9-10,12-13H,1-8,11H2,(H,18,20). The SMILES string of the molecule is O=C(NC1CCCCCC1)C1CCCN1S(=O)(=O)c1ccc(Cl)s1. The maximum absolute atomic E-state index is 12.8. The number of thiophene rings is 1. The van der Waals surface area contributed by atoms with E-state index in [-0.39, 0.29) is 16.2 Å². The molecule has 1 saturated heterocycles. The third-order valence-corrected chi connectivity index (χ3v) is 8.43. The second-order valence-corrected chi connectivity index (χ2v) is 10.4. The van der Waals surface area contributed by atoms with E-state index in [0.717, 1.165) is 37.0 Å². The average molecular weight is 391 g/mol. The first-order valence-corrected chi connectivity index (χ1v) is 11.2. The minimum atomic E-state index is -3.65. The predicted molar refractivity (Wildman–Crippen MR) is 95.9 cm³/mol. The van der Waals surface area contributed by atoms with E-state index in [9.17, 15) is 13.2 Å². The van der Waals surface area contributed by atoms with E-state index in [0.29, 0.717) is 23.7 Å². The van der Waals surface area contributed by atoms with Crippen molar-refractivity contribution in [3.05, 3.63) is 16.5 Å². The molecule has 134 valence electrons. The number of nitrogens with one attached hydrogen (secondary N) is 1. The normalized spacial score (nSPS) is 24.0. The zero-order valence-corrected chi connectivity index (χ0v) is 15.9. The second kappa shape index (κ2) is 7.72. The first-order chi connectivity index (χ1) is 11.5. The van der Waals surface area contributed by atoms with Crippen molar-refractivity contribution < 1.29 is 13.2 Å². The molecule has 8 heteroatoms. The van der Waals surface area contributed by atoms with E-state index in [1.807, 2.05) is 0 Å². The van der Waals surface area contributed by atoms with Crippen molar-refractivity contribution in [1.82, 2.24) is 9.62 Å². The van der Waals surface area contributed by atoms with Gasteiger partial charge in [0.2, 0.25) is 5.91 Å². The largest absolute Gasteiger partial charge is 0.352 e. The summed E-state index contributed by atoms with van der Waals surface area (Å²) < 4.78 is 27.6. The summed E-state index contributed by atoms with van der Waals surface area (Å²) in [5, 5.41) is 3.09. The average Bonchev–Trinajstić information content (AvgIpc) is 3.13. The smallest absolute Gasteiger partial charge is 0.253 e. The van der Waals surface area contributed by atoms with Crippen LogP contribution in [0.1, 0.15) is 51.4 Å². The molecule has 1 saturated carbocycles. The molecule has 2 heterocycles. The second-order valence-electron chi connectivity index (χ2n) is 6.53. The predicted octanol–water partition coefficient (Wildman–Crippen LogP) is 3.39. The Balaban J connectivity index is 1.71. The highest BCUT2D eigenvalue weighted by atomic mass is 35.5. The zero-order valence-electron chi connectivity index (χ0n) is 13.5. The highest BCUT2D eigenvalue weighted by Gasteiger charge is 2.40. The monoisotopic (exact) mass is 390 g/mol. The quantitative estimate of drug-likeness (QED) is 0.801. The van der Waals surface area contributed by atoms with Gasteiger partial charge in [0.05, 0.1) is 4.34 Å². The summed E-state index contributed by atoms with van der Waals surface area (Å²) >= 11 is 6.91. The van der Waals surface area contributed by atoms with Crippen molar-refractivity contribution in [2.45, 2.75) is 67.7 Å². The summed E-state index contributed by atoms with van der Waals surface area (Å²) in [7, 11) is -3.65. The van der Waals surface area contributed by atoms with Gasteiger partial charge in [0, 0.05) is 12.6 Å². The lowest BCUT2D eigenvalue weighted by atomic mass is 10.1. The van der Waals surface area contributed by atoms with Crippen LogP contribution in [0.5, 0.6) is 0 Å². The highest BCUT2D eigenvalue weighted by molar-refractivity contribution is 7.91. The Hall–Kier alpha value is -0.630. The van der Waals surface area contributed by atoms with E-state index >= 15 is 0 Å². The fourth-order valence-corrected chi connectivity index (χ4v) is 6.83. The van der Waals surface area contributed by atoms with E-state index in [1.165, 1.54) is 23.2 Å². The van der Waals surface area contributed by atoms with Gasteiger partial charge in [-0.3, -0.25) is 4.79 Å². The topological polar surface area (TPSA) is 66.5 Å². The van der Waals surface area contributed by atoms with Crippen LogP contribution < -0.4 is 5.32 Å². The molecule has 1 amide bonds. The lowest BCUT2D eigenvalue weighted by Gasteiger charge is -2.25. The molecule has 0 spiro atoms. The Kier molecular flexibility index (Phi) is 5.85. The van der Waals surface area contributed by atoms with Gasteiger partial charge in [0.15, 0.2) is 0 Å². The van der Waals surface area contributed by atoms with Crippen LogP contribution in [-0.2, 0) is 14.8 Å². The molecule has 1 unspecified atom stereocenters. The van der Waals surface area contributed by atoms with Gasteiger partial charge >= 0.3 is 0 Å². The molecular weight excluding hydrogens is 368 g/mol. The molecule has 0 aromatic carbocycles. The number of sulfonamides is 1. The number of amides is 1. The molecule has 1 aliphatic heterocycles. The molecule has 3 rings (SSSR count). The summed E-state index contributed by atoms with van der Waals surface area (Å²) in [6, 6.07) is 2.68. The van der Waals surface area contributed by atoms with Crippen molar-refractivity contribution in [2.75, 3.05) is 6.54 Å². The first kappa shape index (κ1) is 18.2. The molecule has 0 radical (unpaired) electrons. The lowest BCUT2D eigenvalue weighted by molar-refractivity contribution is -0.125. The summed E-state index contributed by atoms with van der Waals surface area (Å²) in [5.74, 6) is -0.148. The van der Waals surface area contributed by atoms with Crippen LogP contribution in [0.15, 0.2) is 16.3 Å². The van der Waals surface area contributed by atoms with Gasteiger partial charge in [-0.25, -0.2) is 8.42 Å². The molecule has 1 N–H and O–H groups in total. The van der Waals surface area contributed by atoms with Gasteiger partial charge < -0.3 is 5.32 Å². The van der Waals surface area contributed by atoms with Gasteiger partial charge in [-0.1, -0.05) is 37.3 Å². The number of hydrogen-bond donors (Lipinski definition) is 1. The summed E-state index contributed by atoms with van der Waals surface area (Å²) in [5.41, 5.74) is 0. The van der Waals surface area contributed by atoms with E-state index in [4.69, 9.17) is 11.6 Å². The van der Waals surface area contributed by atoms with Crippen LogP contribution in [0.3, 0.4) is 0 Å². The molecule has 1 aliphatic carbocycles. The fourth-order valence-electron chi connectivity index (χ4n) is 3.56. The van der Waals surface area contributed by atoms with Gasteiger partial charge in [0.1, 0.15) is 10.3 Å². The van der Waals surface area contributed by atoms with Crippen LogP contribution >= 0.6 is 22.9 Å². The maximum atomic E-state index is 12.8. The number of halogens is 1. The summed E-state index contributed by atoms with van der Waals surface area (Å²) in [6.07, 6.45) is 7.97. The molecule has 24 heavy (non-hydrogen) atoms. The fraction of sp³-hybridized carbons (Fsp3) is 0.688. The number of rotatable bonds is 4. The maximum Gasteiger partial charge on any atom is 0.253 e. The molecule has 0 bridgehead atoms. The third-order valence-electron chi connectivity index (χ3n) is 4.82. The summed E-state index contributed by atoms with van der Waals surface area (Å²) in [6.45, 7) is 0.389. The zero-order chi connectivity index (χ0) is 17.2. The van der Waals surface area contributed by atoms with Crippen LogP contribution in [0.2, 0.25) is 4.34 Å². The van der Waals surface area contributed by atoms with Gasteiger partial charge in [-0.2, -0.15) is 4.31 Å². The van der Waals surface area contributed by atoms with E-state index < -0.39 is 16.1 Å². The Morgan fingerprint density at radius 3 is 2.46 bits per heavy atom. The van der Waals surface area contributed by atoms with E-state index in [1.54, 1.807) is 6.07 Å². The Labute approximate surface area is 152 Å². The van der Waals surface area contributed by atoms with Crippen molar-refractivity contribution in [3.63, 3.8) is 0 Å². The lowest BCUT2D eigenvalue weighted by Crippen LogP contribution is -2.48. The first-order valence-electron chi connectivity index (χ1n) is 8.56. The summed E-state index contributed by atoms with van der Waals surface area (Å²) in [4.78, 5) is 12.7.